The van der Waals surface area contributed by atoms with Gasteiger partial charge >= 0.3 is 12.1 Å². The predicted molar refractivity (Wildman–Crippen MR) is 112 cm³/mol. The molecule has 3 aliphatic rings. The first kappa shape index (κ1) is 22.9. The maximum absolute atomic E-state index is 13.7. The smallest absolute Gasteiger partial charge is 0.435 e. The minimum atomic E-state index is -4.61. The molecule has 2 bridgehead atoms. The molecule has 182 valence electrons. The molecule has 1 aromatic heterocycles. The number of aromatic nitrogens is 2. The number of rotatable bonds is 5. The fourth-order valence-corrected chi connectivity index (χ4v) is 6.11. The van der Waals surface area contributed by atoms with E-state index in [1.165, 1.54) is 28.9 Å². The lowest BCUT2D eigenvalue weighted by molar-refractivity contribution is -0.148. The van der Waals surface area contributed by atoms with Crippen LogP contribution in [0.4, 0.5) is 17.6 Å². The third-order valence-electron chi connectivity index (χ3n) is 7.97. The van der Waals surface area contributed by atoms with Gasteiger partial charge in [0.05, 0.1) is 24.2 Å². The molecule has 2 saturated carbocycles. The Bertz CT molecular complexity index is 1130. The number of halogens is 4. The summed E-state index contributed by atoms with van der Waals surface area (Å²) in [6.45, 7) is 0.210. The molecule has 1 aromatic carbocycles. The summed E-state index contributed by atoms with van der Waals surface area (Å²) in [6, 6.07) is 5.48. The summed E-state index contributed by atoms with van der Waals surface area (Å²) < 4.78 is 55.5. The van der Waals surface area contributed by atoms with Crippen molar-refractivity contribution in [1.82, 2.24) is 14.7 Å². The second-order valence-corrected chi connectivity index (χ2v) is 10.1. The van der Waals surface area contributed by atoms with Gasteiger partial charge in [-0.15, -0.1) is 0 Å². The van der Waals surface area contributed by atoms with Crippen LogP contribution in [0.5, 0.6) is 0 Å². The summed E-state index contributed by atoms with van der Waals surface area (Å²) in [7, 11) is 0. The highest BCUT2D eigenvalue weighted by molar-refractivity contribution is 5.79. The molecule has 6 nitrogen and oxygen atoms in total. The Morgan fingerprint density at radius 1 is 1.09 bits per heavy atom. The van der Waals surface area contributed by atoms with Gasteiger partial charge in [0.25, 0.3) is 0 Å². The van der Waals surface area contributed by atoms with Gasteiger partial charge in [-0.25, -0.2) is 4.39 Å². The number of benzene rings is 1. The molecular formula is C24H25F4N3O3. The number of aliphatic carboxylic acids is 1. The number of amides is 1. The lowest BCUT2D eigenvalue weighted by Gasteiger charge is -2.32. The lowest BCUT2D eigenvalue weighted by atomic mass is 9.80. The number of carbonyl (C=O) groups is 2. The monoisotopic (exact) mass is 479 g/mol. The first-order valence-corrected chi connectivity index (χ1v) is 11.4. The molecule has 1 amide bonds. The highest BCUT2D eigenvalue weighted by atomic mass is 19.4. The Morgan fingerprint density at radius 3 is 2.35 bits per heavy atom. The molecule has 1 aliphatic heterocycles. The first-order chi connectivity index (χ1) is 16.0. The zero-order chi connectivity index (χ0) is 24.3. The van der Waals surface area contributed by atoms with Crippen LogP contribution in [0.2, 0.25) is 0 Å². The quantitative estimate of drug-likeness (QED) is 0.646. The summed E-state index contributed by atoms with van der Waals surface area (Å²) in [5.74, 6) is -1.40. The largest absolute Gasteiger partial charge is 0.481 e. The normalized spacial score (nSPS) is 26.1. The van der Waals surface area contributed by atoms with Gasteiger partial charge in [-0.3, -0.25) is 14.3 Å². The third-order valence-corrected chi connectivity index (χ3v) is 7.97. The van der Waals surface area contributed by atoms with Crippen molar-refractivity contribution in [3.05, 3.63) is 52.6 Å². The van der Waals surface area contributed by atoms with E-state index in [2.05, 4.69) is 5.10 Å². The molecule has 0 radical (unpaired) electrons. The number of fused-ring (bicyclic) bond motifs is 3. The summed E-state index contributed by atoms with van der Waals surface area (Å²) in [5.41, 5.74) is -0.959. The summed E-state index contributed by atoms with van der Waals surface area (Å²) >= 11 is 0. The molecule has 2 aromatic rings. The van der Waals surface area contributed by atoms with Crippen molar-refractivity contribution < 1.29 is 32.3 Å². The minimum absolute atomic E-state index is 0.0125. The molecular weight excluding hydrogens is 454 g/mol. The second kappa shape index (κ2) is 7.81. The van der Waals surface area contributed by atoms with Crippen molar-refractivity contribution in [1.29, 1.82) is 0 Å². The van der Waals surface area contributed by atoms with E-state index >= 15 is 0 Å². The Balaban J connectivity index is 1.37. The number of carboxylic acids is 1. The molecule has 2 heterocycles. The zero-order valence-electron chi connectivity index (χ0n) is 18.5. The van der Waals surface area contributed by atoms with Crippen LogP contribution < -0.4 is 0 Å². The maximum Gasteiger partial charge on any atom is 0.435 e. The molecule has 2 fully saturated rings. The average molecular weight is 479 g/mol. The average Bonchev–Trinajstić information content (AvgIpc) is 3.45. The van der Waals surface area contributed by atoms with E-state index in [1.807, 2.05) is 0 Å². The number of nitrogens with zero attached hydrogens (tertiary/aromatic N) is 3. The molecule has 34 heavy (non-hydrogen) atoms. The molecule has 5 rings (SSSR count). The van der Waals surface area contributed by atoms with E-state index in [-0.39, 0.29) is 49.4 Å². The van der Waals surface area contributed by atoms with E-state index in [4.69, 9.17) is 0 Å². The molecule has 0 unspecified atom stereocenters. The summed E-state index contributed by atoms with van der Waals surface area (Å²) in [6.07, 6.45) is -1.35. The van der Waals surface area contributed by atoms with Gasteiger partial charge < -0.3 is 10.0 Å². The Hall–Kier alpha value is -2.91. The fraction of sp³-hybridized carbons (Fsp3) is 0.542. The number of carboxylic acid groups (broad SMARTS) is 1. The van der Waals surface area contributed by atoms with Crippen molar-refractivity contribution in [2.75, 3.05) is 6.54 Å². The van der Waals surface area contributed by atoms with Gasteiger partial charge in [-0.05, 0) is 61.6 Å². The van der Waals surface area contributed by atoms with Crippen LogP contribution in [0.3, 0.4) is 0 Å². The van der Waals surface area contributed by atoms with Crippen LogP contribution in [0.25, 0.3) is 0 Å². The van der Waals surface area contributed by atoms with E-state index in [0.29, 0.717) is 43.4 Å². The van der Waals surface area contributed by atoms with E-state index < -0.39 is 29.1 Å². The highest BCUT2D eigenvalue weighted by Gasteiger charge is 2.58. The molecule has 2 aliphatic carbocycles. The topological polar surface area (TPSA) is 75.4 Å². The molecule has 1 N–H and O–H groups in total. The Labute approximate surface area is 193 Å². The Kier molecular flexibility index (Phi) is 5.25. The second-order valence-electron chi connectivity index (χ2n) is 10.1. The van der Waals surface area contributed by atoms with Crippen LogP contribution >= 0.6 is 0 Å². The SMILES string of the molecule is O=C(CC12CCC(C(=O)O)(CC1)C2)N1CCc2c(C(F)(F)F)nn(Cc3ccc(F)cc3)c2C1. The summed E-state index contributed by atoms with van der Waals surface area (Å²) in [5, 5.41) is 13.5. The molecule has 0 atom stereocenters. The van der Waals surface area contributed by atoms with Crippen molar-refractivity contribution in [3.63, 3.8) is 0 Å². The van der Waals surface area contributed by atoms with Crippen molar-refractivity contribution in [2.45, 2.75) is 64.2 Å². The van der Waals surface area contributed by atoms with Gasteiger partial charge in [0.2, 0.25) is 5.91 Å². The van der Waals surface area contributed by atoms with Gasteiger partial charge in [-0.1, -0.05) is 12.1 Å². The molecule has 10 heteroatoms. The number of hydrogen-bond acceptors (Lipinski definition) is 3. The van der Waals surface area contributed by atoms with Crippen molar-refractivity contribution in [2.24, 2.45) is 10.8 Å². The molecule has 0 saturated heterocycles. The van der Waals surface area contributed by atoms with E-state index in [0.717, 1.165) is 0 Å². The fourth-order valence-electron chi connectivity index (χ4n) is 6.11. The first-order valence-electron chi connectivity index (χ1n) is 11.4. The standard InChI is InChI=1S/C24H25F4N3O3/c25-16-3-1-15(2-4-16)12-31-18-13-30(10-5-17(18)20(29-31)24(26,27)28)19(32)11-22-6-8-23(14-22,9-7-22)21(33)34/h1-4H,5-14H2,(H,33,34). The maximum atomic E-state index is 13.7. The third kappa shape index (κ3) is 3.86. The van der Waals surface area contributed by atoms with E-state index in [1.54, 1.807) is 4.90 Å². The van der Waals surface area contributed by atoms with Crippen LogP contribution in [0.15, 0.2) is 24.3 Å². The number of alkyl halides is 3. The van der Waals surface area contributed by atoms with Crippen LogP contribution in [0, 0.1) is 16.6 Å². The number of carbonyl (C=O) groups excluding carboxylic acids is 1. The highest BCUT2D eigenvalue weighted by Crippen LogP contribution is 2.63. The van der Waals surface area contributed by atoms with Crippen molar-refractivity contribution in [3.8, 4) is 0 Å². The predicted octanol–water partition coefficient (Wildman–Crippen LogP) is 4.40. The molecule has 0 spiro atoms. The van der Waals surface area contributed by atoms with Gasteiger partial charge in [-0.2, -0.15) is 18.3 Å². The van der Waals surface area contributed by atoms with Gasteiger partial charge in [0.1, 0.15) is 5.82 Å². The van der Waals surface area contributed by atoms with Gasteiger partial charge in [0, 0.05) is 18.5 Å². The number of hydrogen-bond donors (Lipinski definition) is 1. The van der Waals surface area contributed by atoms with Gasteiger partial charge in [0.15, 0.2) is 5.69 Å². The van der Waals surface area contributed by atoms with Crippen molar-refractivity contribution >= 4 is 11.9 Å². The minimum Gasteiger partial charge on any atom is -0.481 e. The lowest BCUT2D eigenvalue weighted by Crippen LogP contribution is -2.39. The summed E-state index contributed by atoms with van der Waals surface area (Å²) in [4.78, 5) is 26.5. The van der Waals surface area contributed by atoms with Crippen LogP contribution in [-0.2, 0) is 35.3 Å². The Morgan fingerprint density at radius 2 is 1.76 bits per heavy atom. The zero-order valence-corrected chi connectivity index (χ0v) is 18.5. The van der Waals surface area contributed by atoms with Crippen LogP contribution in [0.1, 0.15) is 61.0 Å². The van der Waals surface area contributed by atoms with E-state index in [9.17, 15) is 32.3 Å². The van der Waals surface area contributed by atoms with Crippen LogP contribution in [-0.4, -0.2) is 38.2 Å².